The molecule has 3 rings (SSSR count). The van der Waals surface area contributed by atoms with Gasteiger partial charge in [-0.15, -0.1) is 10.2 Å². The molecule has 6 nitrogen and oxygen atoms in total. The van der Waals surface area contributed by atoms with Crippen LogP contribution >= 0.6 is 11.8 Å². The van der Waals surface area contributed by atoms with Gasteiger partial charge < -0.3 is 9.32 Å². The van der Waals surface area contributed by atoms with E-state index >= 15 is 0 Å². The smallest absolute Gasteiger partial charge is 0.277 e. The summed E-state index contributed by atoms with van der Waals surface area (Å²) in [6.07, 6.45) is 5.18. The minimum Gasteiger partial charge on any atom is -0.416 e. The van der Waals surface area contributed by atoms with Crippen molar-refractivity contribution in [3.8, 4) is 6.07 Å². The molecule has 1 aliphatic carbocycles. The number of thioether (sulfide) groups is 1. The Hall–Kier alpha value is -2.33. The summed E-state index contributed by atoms with van der Waals surface area (Å²) in [4.78, 5) is 14.2. The topological polar surface area (TPSA) is 83.0 Å². The van der Waals surface area contributed by atoms with Gasteiger partial charge in [-0.1, -0.05) is 61.4 Å². The highest BCUT2D eigenvalue weighted by Crippen LogP contribution is 2.33. The van der Waals surface area contributed by atoms with Gasteiger partial charge in [-0.25, -0.2) is 0 Å². The molecule has 1 aromatic carbocycles. The maximum atomic E-state index is 12.5. The molecule has 1 fully saturated rings. The largest absolute Gasteiger partial charge is 0.416 e. The minimum absolute atomic E-state index is 0.0822. The van der Waals surface area contributed by atoms with E-state index in [1.165, 1.54) is 11.8 Å². The zero-order valence-electron chi connectivity index (χ0n) is 14.9. The van der Waals surface area contributed by atoms with E-state index in [-0.39, 0.29) is 11.7 Å². The third-order valence-electron chi connectivity index (χ3n) is 4.87. The van der Waals surface area contributed by atoms with Crippen molar-refractivity contribution in [1.82, 2.24) is 15.1 Å². The lowest BCUT2D eigenvalue weighted by molar-refractivity contribution is -0.131. The molecule has 0 unspecified atom stereocenters. The molecule has 1 amide bonds. The average molecular weight is 370 g/mol. The van der Waals surface area contributed by atoms with Gasteiger partial charge in [0.15, 0.2) is 0 Å². The molecular formula is C19H22N4O2S. The number of nitrogens with zero attached hydrogens (tertiary/aromatic N) is 4. The number of aromatic nitrogens is 2. The number of benzene rings is 1. The van der Waals surface area contributed by atoms with Gasteiger partial charge in [0.1, 0.15) is 5.54 Å². The summed E-state index contributed by atoms with van der Waals surface area (Å²) in [6, 6.07) is 12.3. The Kier molecular flexibility index (Phi) is 5.94. The number of rotatable bonds is 6. The second-order valence-electron chi connectivity index (χ2n) is 6.57. The van der Waals surface area contributed by atoms with Crippen LogP contribution in [0.3, 0.4) is 0 Å². The van der Waals surface area contributed by atoms with Crippen molar-refractivity contribution in [2.75, 3.05) is 12.8 Å². The van der Waals surface area contributed by atoms with Gasteiger partial charge in [0, 0.05) is 7.05 Å². The molecule has 0 aliphatic heterocycles. The first-order chi connectivity index (χ1) is 12.6. The Labute approximate surface area is 157 Å². The number of hydrogen-bond donors (Lipinski definition) is 0. The van der Waals surface area contributed by atoms with E-state index in [1.54, 1.807) is 11.9 Å². The predicted molar refractivity (Wildman–Crippen MR) is 98.5 cm³/mol. The third-order valence-corrected chi connectivity index (χ3v) is 5.67. The zero-order valence-corrected chi connectivity index (χ0v) is 15.7. The lowest BCUT2D eigenvalue weighted by Crippen LogP contribution is -2.50. The van der Waals surface area contributed by atoms with E-state index in [4.69, 9.17) is 4.42 Å². The molecule has 0 saturated heterocycles. The van der Waals surface area contributed by atoms with Crippen LogP contribution in [-0.2, 0) is 11.2 Å². The van der Waals surface area contributed by atoms with Crippen LogP contribution in [0.1, 0.15) is 43.6 Å². The van der Waals surface area contributed by atoms with Crippen molar-refractivity contribution < 1.29 is 9.21 Å². The van der Waals surface area contributed by atoms with E-state index in [2.05, 4.69) is 16.3 Å². The van der Waals surface area contributed by atoms with Crippen LogP contribution in [0.5, 0.6) is 0 Å². The van der Waals surface area contributed by atoms with Gasteiger partial charge in [-0.05, 0) is 18.4 Å². The second kappa shape index (κ2) is 8.37. The highest BCUT2D eigenvalue weighted by Gasteiger charge is 2.38. The summed E-state index contributed by atoms with van der Waals surface area (Å²) in [5.41, 5.74) is 0.431. The maximum absolute atomic E-state index is 12.5. The predicted octanol–water partition coefficient (Wildman–Crippen LogP) is 3.44. The fraction of sp³-hybridized carbons (Fsp3) is 0.474. The SMILES string of the molecule is CN(C(=O)CSc1nnc(Cc2ccccc2)o1)C1(C#N)CCCCC1. The Bertz CT molecular complexity index is 778. The van der Waals surface area contributed by atoms with Gasteiger partial charge >= 0.3 is 0 Å². The standard InChI is InChI=1S/C19H22N4O2S/c1-23(19(14-20)10-6-3-7-11-19)17(24)13-26-18-22-21-16(25-18)12-15-8-4-2-5-9-15/h2,4-5,8-9H,3,6-7,10-13H2,1H3. The highest BCUT2D eigenvalue weighted by molar-refractivity contribution is 7.99. The molecule has 136 valence electrons. The van der Waals surface area contributed by atoms with Crippen LogP contribution in [0.4, 0.5) is 0 Å². The Balaban J connectivity index is 1.55. The molecule has 0 bridgehead atoms. The molecular weight excluding hydrogens is 348 g/mol. The van der Waals surface area contributed by atoms with E-state index in [9.17, 15) is 10.1 Å². The number of carbonyl (C=O) groups is 1. The van der Waals surface area contributed by atoms with Crippen LogP contribution in [0, 0.1) is 11.3 Å². The van der Waals surface area contributed by atoms with E-state index in [0.29, 0.717) is 17.5 Å². The van der Waals surface area contributed by atoms with Gasteiger partial charge in [0.25, 0.3) is 5.22 Å². The summed E-state index contributed by atoms with van der Waals surface area (Å²) in [5, 5.41) is 18.0. The lowest BCUT2D eigenvalue weighted by atomic mass is 9.81. The molecule has 26 heavy (non-hydrogen) atoms. The summed E-state index contributed by atoms with van der Waals surface area (Å²) >= 11 is 1.22. The van der Waals surface area contributed by atoms with Crippen LogP contribution in [0.25, 0.3) is 0 Å². The average Bonchev–Trinajstić information content (AvgIpc) is 3.14. The number of nitriles is 1. The first-order valence-corrected chi connectivity index (χ1v) is 9.78. The van der Waals surface area contributed by atoms with E-state index in [1.807, 2.05) is 30.3 Å². The molecule has 1 heterocycles. The van der Waals surface area contributed by atoms with Crippen molar-refractivity contribution >= 4 is 17.7 Å². The van der Waals surface area contributed by atoms with Crippen LogP contribution in [-0.4, -0.2) is 39.3 Å². The van der Waals surface area contributed by atoms with Gasteiger partial charge in [0.05, 0.1) is 18.2 Å². The summed E-state index contributed by atoms with van der Waals surface area (Å²) in [6.45, 7) is 0. The molecule has 0 radical (unpaired) electrons. The van der Waals surface area contributed by atoms with E-state index < -0.39 is 5.54 Å². The molecule has 1 saturated carbocycles. The molecule has 0 N–H and O–H groups in total. The summed E-state index contributed by atoms with van der Waals surface area (Å²) < 4.78 is 5.62. The number of amides is 1. The van der Waals surface area contributed by atoms with Gasteiger partial charge in [0.2, 0.25) is 11.8 Å². The Morgan fingerprint density at radius 3 is 2.69 bits per heavy atom. The third kappa shape index (κ3) is 4.25. The molecule has 0 spiro atoms. The molecule has 1 aliphatic rings. The fourth-order valence-electron chi connectivity index (χ4n) is 3.26. The van der Waals surface area contributed by atoms with Crippen LogP contribution in [0.2, 0.25) is 0 Å². The van der Waals surface area contributed by atoms with E-state index in [0.717, 1.165) is 37.7 Å². The van der Waals surface area contributed by atoms with Crippen LogP contribution < -0.4 is 0 Å². The number of hydrogen-bond acceptors (Lipinski definition) is 6. The number of carbonyl (C=O) groups excluding carboxylic acids is 1. The van der Waals surface area contributed by atoms with Gasteiger partial charge in [-0.2, -0.15) is 5.26 Å². The quantitative estimate of drug-likeness (QED) is 0.724. The monoisotopic (exact) mass is 370 g/mol. The molecule has 0 atom stereocenters. The fourth-order valence-corrected chi connectivity index (χ4v) is 3.95. The first kappa shape index (κ1) is 18.5. The Morgan fingerprint density at radius 2 is 2.00 bits per heavy atom. The molecule has 7 heteroatoms. The second-order valence-corrected chi connectivity index (χ2v) is 7.50. The maximum Gasteiger partial charge on any atom is 0.277 e. The minimum atomic E-state index is -0.663. The summed E-state index contributed by atoms with van der Waals surface area (Å²) in [7, 11) is 1.73. The molecule has 2 aromatic rings. The summed E-state index contributed by atoms with van der Waals surface area (Å²) in [5.74, 6) is 0.633. The normalized spacial score (nSPS) is 16.0. The molecule has 1 aromatic heterocycles. The lowest BCUT2D eigenvalue weighted by Gasteiger charge is -2.38. The Morgan fingerprint density at radius 1 is 1.27 bits per heavy atom. The van der Waals surface area contributed by atoms with Crippen molar-refractivity contribution in [2.24, 2.45) is 0 Å². The zero-order chi connectivity index (χ0) is 18.4. The highest BCUT2D eigenvalue weighted by atomic mass is 32.2. The van der Waals surface area contributed by atoms with Crippen molar-refractivity contribution in [3.63, 3.8) is 0 Å². The van der Waals surface area contributed by atoms with Crippen LogP contribution in [0.15, 0.2) is 40.0 Å². The van der Waals surface area contributed by atoms with Crippen molar-refractivity contribution in [3.05, 3.63) is 41.8 Å². The van der Waals surface area contributed by atoms with Crippen molar-refractivity contribution in [2.45, 2.75) is 49.3 Å². The van der Waals surface area contributed by atoms with Gasteiger partial charge in [-0.3, -0.25) is 4.79 Å². The first-order valence-electron chi connectivity index (χ1n) is 8.80. The van der Waals surface area contributed by atoms with Crippen molar-refractivity contribution in [1.29, 1.82) is 5.26 Å².